The summed E-state index contributed by atoms with van der Waals surface area (Å²) < 4.78 is 0.776. The maximum atomic E-state index is 11.2. The molecular weight excluding hydrogens is 222 g/mol. The molecule has 5 heteroatoms. The van der Waals surface area contributed by atoms with Crippen LogP contribution in [-0.2, 0) is 0 Å². The molecule has 4 nitrogen and oxygen atoms in total. The first-order valence-electron chi connectivity index (χ1n) is 3.27. The molecule has 0 bridgehead atoms. The van der Waals surface area contributed by atoms with Crippen molar-refractivity contribution >= 4 is 27.0 Å². The quantitative estimate of drug-likeness (QED) is 0.731. The predicted molar refractivity (Wildman–Crippen MR) is 47.9 cm³/mol. The van der Waals surface area contributed by atoms with Gasteiger partial charge in [-0.15, -0.1) is 0 Å². The Morgan fingerprint density at radius 1 is 1.33 bits per heavy atom. The van der Waals surface area contributed by atoms with Crippen LogP contribution in [0, 0.1) is 0 Å². The topological polar surface area (TPSA) is 58.6 Å². The molecule has 0 amide bonds. The molecule has 2 aromatic heterocycles. The Labute approximate surface area is 75.8 Å². The van der Waals surface area contributed by atoms with E-state index in [1.165, 1.54) is 6.33 Å². The number of aromatic amines is 1. The van der Waals surface area contributed by atoms with Crippen molar-refractivity contribution in [3.8, 4) is 0 Å². The van der Waals surface area contributed by atoms with Gasteiger partial charge in [-0.3, -0.25) is 4.79 Å². The average Bonchev–Trinajstić information content (AvgIpc) is 2.07. The van der Waals surface area contributed by atoms with Gasteiger partial charge in [0.1, 0.15) is 5.52 Å². The molecule has 12 heavy (non-hydrogen) atoms. The van der Waals surface area contributed by atoms with Crippen LogP contribution in [0.4, 0.5) is 0 Å². The fourth-order valence-electron chi connectivity index (χ4n) is 0.943. The third-order valence-corrected chi connectivity index (χ3v) is 2.12. The zero-order valence-corrected chi connectivity index (χ0v) is 7.50. The van der Waals surface area contributed by atoms with Gasteiger partial charge in [-0.2, -0.15) is 0 Å². The summed E-state index contributed by atoms with van der Waals surface area (Å²) in [7, 11) is 0. The van der Waals surface area contributed by atoms with Gasteiger partial charge in [0.05, 0.1) is 6.33 Å². The van der Waals surface area contributed by atoms with E-state index in [-0.39, 0.29) is 5.56 Å². The SMILES string of the molecule is O=c1[nH]cnc2c(Br)ccnc12. The summed E-state index contributed by atoms with van der Waals surface area (Å²) in [4.78, 5) is 21.5. The van der Waals surface area contributed by atoms with Crippen LogP contribution in [0.3, 0.4) is 0 Å². The molecule has 0 atom stereocenters. The van der Waals surface area contributed by atoms with Gasteiger partial charge in [0.15, 0.2) is 5.52 Å². The number of nitrogens with zero attached hydrogens (tertiary/aromatic N) is 2. The second-order valence-electron chi connectivity index (χ2n) is 2.22. The van der Waals surface area contributed by atoms with E-state index in [0.29, 0.717) is 11.0 Å². The highest BCUT2D eigenvalue weighted by Gasteiger charge is 2.02. The van der Waals surface area contributed by atoms with E-state index in [2.05, 4.69) is 30.9 Å². The van der Waals surface area contributed by atoms with Gasteiger partial charge < -0.3 is 4.98 Å². The van der Waals surface area contributed by atoms with Gasteiger partial charge in [-0.05, 0) is 22.0 Å². The van der Waals surface area contributed by atoms with Gasteiger partial charge in [0.2, 0.25) is 0 Å². The first-order chi connectivity index (χ1) is 5.79. The molecule has 0 radical (unpaired) electrons. The Kier molecular flexibility index (Phi) is 1.65. The number of nitrogens with one attached hydrogen (secondary N) is 1. The Bertz CT molecular complexity index is 479. The highest BCUT2D eigenvalue weighted by atomic mass is 79.9. The van der Waals surface area contributed by atoms with E-state index in [1.807, 2.05) is 0 Å². The molecular formula is C7H4BrN3O. The highest BCUT2D eigenvalue weighted by Crippen LogP contribution is 2.15. The van der Waals surface area contributed by atoms with Crippen LogP contribution in [0.25, 0.3) is 11.0 Å². The van der Waals surface area contributed by atoms with Crippen LogP contribution in [0.15, 0.2) is 27.9 Å². The minimum Gasteiger partial charge on any atom is -0.311 e. The van der Waals surface area contributed by atoms with Crippen molar-refractivity contribution in [3.63, 3.8) is 0 Å². The molecule has 0 aliphatic rings. The number of rotatable bonds is 0. The van der Waals surface area contributed by atoms with Crippen LogP contribution >= 0.6 is 15.9 Å². The molecule has 0 saturated heterocycles. The van der Waals surface area contributed by atoms with E-state index in [0.717, 1.165) is 4.47 Å². The zero-order chi connectivity index (χ0) is 8.55. The van der Waals surface area contributed by atoms with Gasteiger partial charge in [0.25, 0.3) is 5.56 Å². The monoisotopic (exact) mass is 225 g/mol. The zero-order valence-electron chi connectivity index (χ0n) is 5.91. The fraction of sp³-hybridized carbons (Fsp3) is 0. The van der Waals surface area contributed by atoms with Crippen molar-refractivity contribution < 1.29 is 0 Å². The van der Waals surface area contributed by atoms with Crippen molar-refractivity contribution in [1.82, 2.24) is 15.0 Å². The average molecular weight is 226 g/mol. The van der Waals surface area contributed by atoms with E-state index >= 15 is 0 Å². The lowest BCUT2D eigenvalue weighted by Crippen LogP contribution is -2.07. The Balaban J connectivity index is 3.05. The molecule has 0 aliphatic carbocycles. The number of pyridine rings is 1. The largest absolute Gasteiger partial charge is 0.311 e. The maximum Gasteiger partial charge on any atom is 0.277 e. The Morgan fingerprint density at radius 2 is 2.17 bits per heavy atom. The molecule has 0 unspecified atom stereocenters. The van der Waals surface area contributed by atoms with Gasteiger partial charge in [-0.25, -0.2) is 9.97 Å². The van der Waals surface area contributed by atoms with E-state index in [9.17, 15) is 4.79 Å². The lowest BCUT2D eigenvalue weighted by atomic mass is 10.4. The predicted octanol–water partition coefficient (Wildman–Crippen LogP) is 1.08. The first-order valence-corrected chi connectivity index (χ1v) is 4.06. The fourth-order valence-corrected chi connectivity index (χ4v) is 1.35. The molecule has 0 aromatic carbocycles. The van der Waals surface area contributed by atoms with Crippen molar-refractivity contribution in [2.24, 2.45) is 0 Å². The second-order valence-corrected chi connectivity index (χ2v) is 3.08. The van der Waals surface area contributed by atoms with E-state index in [1.54, 1.807) is 12.3 Å². The molecule has 0 fully saturated rings. The number of aromatic nitrogens is 3. The molecule has 0 saturated carbocycles. The molecule has 60 valence electrons. The van der Waals surface area contributed by atoms with Crippen LogP contribution in [0.2, 0.25) is 0 Å². The van der Waals surface area contributed by atoms with Crippen molar-refractivity contribution in [2.45, 2.75) is 0 Å². The van der Waals surface area contributed by atoms with Crippen molar-refractivity contribution in [2.75, 3.05) is 0 Å². The van der Waals surface area contributed by atoms with E-state index < -0.39 is 0 Å². The van der Waals surface area contributed by atoms with Crippen molar-refractivity contribution in [3.05, 3.63) is 33.4 Å². The summed E-state index contributed by atoms with van der Waals surface area (Å²) in [6, 6.07) is 1.74. The number of halogens is 1. The third-order valence-electron chi connectivity index (χ3n) is 1.48. The molecule has 0 spiro atoms. The number of hydrogen-bond donors (Lipinski definition) is 1. The summed E-state index contributed by atoms with van der Waals surface area (Å²) in [6.07, 6.45) is 2.92. The molecule has 1 N–H and O–H groups in total. The summed E-state index contributed by atoms with van der Waals surface area (Å²) in [5, 5.41) is 0. The van der Waals surface area contributed by atoms with Crippen LogP contribution in [0.5, 0.6) is 0 Å². The summed E-state index contributed by atoms with van der Waals surface area (Å²) in [5.41, 5.74) is 0.717. The number of H-pyrrole nitrogens is 1. The Morgan fingerprint density at radius 3 is 2.92 bits per heavy atom. The number of fused-ring (bicyclic) bond motifs is 1. The van der Waals surface area contributed by atoms with Crippen LogP contribution < -0.4 is 5.56 Å². The lowest BCUT2D eigenvalue weighted by Gasteiger charge is -1.95. The highest BCUT2D eigenvalue weighted by molar-refractivity contribution is 9.10. The first kappa shape index (κ1) is 7.42. The molecule has 2 aromatic rings. The van der Waals surface area contributed by atoms with Crippen LogP contribution in [0.1, 0.15) is 0 Å². The van der Waals surface area contributed by atoms with Gasteiger partial charge in [0, 0.05) is 10.7 Å². The van der Waals surface area contributed by atoms with Gasteiger partial charge >= 0.3 is 0 Å². The van der Waals surface area contributed by atoms with Gasteiger partial charge in [-0.1, -0.05) is 0 Å². The number of hydrogen-bond acceptors (Lipinski definition) is 3. The standard InChI is InChI=1S/C7H4BrN3O/c8-4-1-2-9-6-5(4)10-3-11-7(6)12/h1-3H,(H,10,11,12). The normalized spacial score (nSPS) is 10.4. The van der Waals surface area contributed by atoms with Crippen molar-refractivity contribution in [1.29, 1.82) is 0 Å². The second kappa shape index (κ2) is 2.67. The molecule has 0 aliphatic heterocycles. The maximum absolute atomic E-state index is 11.2. The van der Waals surface area contributed by atoms with Crippen LogP contribution in [-0.4, -0.2) is 15.0 Å². The smallest absolute Gasteiger partial charge is 0.277 e. The molecule has 2 rings (SSSR count). The minimum absolute atomic E-state index is 0.221. The molecule has 2 heterocycles. The Hall–Kier alpha value is -1.23. The summed E-state index contributed by atoms with van der Waals surface area (Å²) in [6.45, 7) is 0. The summed E-state index contributed by atoms with van der Waals surface area (Å²) >= 11 is 3.28. The summed E-state index contributed by atoms with van der Waals surface area (Å²) in [5.74, 6) is 0. The third kappa shape index (κ3) is 1.02. The minimum atomic E-state index is -0.221. The van der Waals surface area contributed by atoms with E-state index in [4.69, 9.17) is 0 Å². The lowest BCUT2D eigenvalue weighted by molar-refractivity contribution is 1.14.